The van der Waals surface area contributed by atoms with Gasteiger partial charge in [0.05, 0.1) is 6.04 Å². The minimum atomic E-state index is -0.869. The summed E-state index contributed by atoms with van der Waals surface area (Å²) in [4.78, 5) is 40.0. The average molecular weight is 482 g/mol. The first-order valence-corrected chi connectivity index (χ1v) is 12.0. The predicted octanol–water partition coefficient (Wildman–Crippen LogP) is 4.32. The van der Waals surface area contributed by atoms with E-state index in [0.717, 1.165) is 38.7 Å². The molecule has 4 aromatic rings. The lowest BCUT2D eigenvalue weighted by molar-refractivity contribution is -0.125. The zero-order valence-corrected chi connectivity index (χ0v) is 19.9. The van der Waals surface area contributed by atoms with Gasteiger partial charge in [-0.25, -0.2) is 4.79 Å². The third-order valence-electron chi connectivity index (χ3n) is 6.68. The van der Waals surface area contributed by atoms with Gasteiger partial charge in [-0.15, -0.1) is 0 Å². The molecular weight excluding hydrogens is 454 g/mol. The van der Waals surface area contributed by atoms with E-state index in [1.165, 1.54) is 0 Å². The Labute approximate surface area is 208 Å². The van der Waals surface area contributed by atoms with Crippen molar-refractivity contribution in [3.8, 4) is 11.1 Å². The summed E-state index contributed by atoms with van der Waals surface area (Å²) in [5.41, 5.74) is 6.41. The number of para-hydroxylation sites is 1. The first-order chi connectivity index (χ1) is 17.5. The van der Waals surface area contributed by atoms with Gasteiger partial charge in [0.15, 0.2) is 0 Å². The van der Waals surface area contributed by atoms with Crippen molar-refractivity contribution in [2.24, 2.45) is 0 Å². The van der Waals surface area contributed by atoms with Crippen molar-refractivity contribution < 1.29 is 19.1 Å². The Balaban J connectivity index is 1.16. The smallest absolute Gasteiger partial charge is 0.407 e. The Kier molecular flexibility index (Phi) is 6.54. The van der Waals surface area contributed by atoms with Gasteiger partial charge in [-0.05, 0) is 40.8 Å². The van der Waals surface area contributed by atoms with Gasteiger partial charge in [-0.3, -0.25) is 4.79 Å². The van der Waals surface area contributed by atoms with Gasteiger partial charge >= 0.3 is 6.09 Å². The Morgan fingerprint density at radius 3 is 2.28 bits per heavy atom. The van der Waals surface area contributed by atoms with Crippen molar-refractivity contribution in [1.82, 2.24) is 15.6 Å². The fourth-order valence-electron chi connectivity index (χ4n) is 4.86. The van der Waals surface area contributed by atoms with Gasteiger partial charge in [0.1, 0.15) is 18.9 Å². The Morgan fingerprint density at radius 2 is 1.58 bits per heavy atom. The summed E-state index contributed by atoms with van der Waals surface area (Å²) in [5.74, 6) is -0.525. The minimum absolute atomic E-state index is 0.0668. The number of hydrogen-bond donors (Lipinski definition) is 3. The number of hydrogen-bond acceptors (Lipinski definition) is 4. The van der Waals surface area contributed by atoms with Gasteiger partial charge < -0.3 is 25.1 Å². The fraction of sp³-hybridized carbons (Fsp3) is 0.207. The molecule has 2 atom stereocenters. The van der Waals surface area contributed by atoms with E-state index in [0.29, 0.717) is 12.7 Å². The maximum Gasteiger partial charge on any atom is 0.407 e. The second-order valence-corrected chi connectivity index (χ2v) is 9.01. The van der Waals surface area contributed by atoms with E-state index in [1.54, 1.807) is 6.92 Å². The van der Waals surface area contributed by atoms with Crippen LogP contribution >= 0.6 is 0 Å². The molecule has 7 nitrogen and oxygen atoms in total. The molecule has 0 bridgehead atoms. The monoisotopic (exact) mass is 481 g/mol. The summed E-state index contributed by atoms with van der Waals surface area (Å²) in [6, 6.07) is 22.4. The number of carbonyl (C=O) groups is 3. The lowest BCUT2D eigenvalue weighted by Crippen LogP contribution is -2.49. The van der Waals surface area contributed by atoms with Gasteiger partial charge in [0.25, 0.3) is 0 Å². The van der Waals surface area contributed by atoms with E-state index in [-0.39, 0.29) is 12.5 Å². The summed E-state index contributed by atoms with van der Waals surface area (Å²) in [5, 5.41) is 6.28. The Hall–Kier alpha value is -4.39. The molecule has 0 radical (unpaired) electrons. The summed E-state index contributed by atoms with van der Waals surface area (Å²) >= 11 is 0. The van der Waals surface area contributed by atoms with Gasteiger partial charge in [-0.2, -0.15) is 0 Å². The lowest BCUT2D eigenvalue weighted by Gasteiger charge is -2.19. The molecule has 7 heteroatoms. The average Bonchev–Trinajstić information content (AvgIpc) is 3.46. The van der Waals surface area contributed by atoms with E-state index in [4.69, 9.17) is 4.74 Å². The van der Waals surface area contributed by atoms with Crippen LogP contribution in [-0.2, 0) is 20.7 Å². The van der Waals surface area contributed by atoms with E-state index in [9.17, 15) is 14.4 Å². The Bertz CT molecular complexity index is 1380. The quantitative estimate of drug-likeness (QED) is 0.326. The highest BCUT2D eigenvalue weighted by Crippen LogP contribution is 2.44. The number of rotatable bonds is 8. The fourth-order valence-corrected chi connectivity index (χ4v) is 4.86. The zero-order chi connectivity index (χ0) is 25.1. The normalized spacial score (nSPS) is 13.9. The zero-order valence-electron chi connectivity index (χ0n) is 19.9. The maximum atomic E-state index is 12.7. The van der Waals surface area contributed by atoms with Crippen molar-refractivity contribution in [3.05, 3.63) is 95.7 Å². The molecule has 36 heavy (non-hydrogen) atoms. The second-order valence-electron chi connectivity index (χ2n) is 9.01. The van der Waals surface area contributed by atoms with Crippen LogP contribution < -0.4 is 10.6 Å². The molecule has 0 aliphatic heterocycles. The van der Waals surface area contributed by atoms with Crippen LogP contribution in [0.3, 0.4) is 0 Å². The first kappa shape index (κ1) is 23.4. The lowest BCUT2D eigenvalue weighted by atomic mass is 9.98. The topological polar surface area (TPSA) is 100 Å². The van der Waals surface area contributed by atoms with E-state index in [2.05, 4.69) is 27.8 Å². The summed E-state index contributed by atoms with van der Waals surface area (Å²) in [7, 11) is 0. The van der Waals surface area contributed by atoms with Crippen LogP contribution in [0.25, 0.3) is 22.0 Å². The van der Waals surface area contributed by atoms with Crippen LogP contribution in [-0.4, -0.2) is 42.0 Å². The number of aromatic amines is 1. The van der Waals surface area contributed by atoms with Crippen molar-refractivity contribution in [3.63, 3.8) is 0 Å². The standard InChI is InChI=1S/C29H27N3O4/c1-18(28(34)32-20(16-33)14-19-15-30-27-13-7-6-8-21(19)27)31-29(35)36-17-26-24-11-4-2-9-22(24)23-10-3-5-12-25(23)26/h2-13,15-16,18,20,26,30H,14,17H2,1H3,(H,31,35)(H,32,34)/t18-,20-/m0/s1. The number of alkyl carbamates (subject to hydrolysis) is 1. The molecular formula is C29H27N3O4. The number of amides is 2. The molecule has 5 rings (SSSR count). The number of fused-ring (bicyclic) bond motifs is 4. The maximum absolute atomic E-state index is 12.7. The highest BCUT2D eigenvalue weighted by Gasteiger charge is 2.29. The molecule has 0 fully saturated rings. The van der Waals surface area contributed by atoms with Crippen molar-refractivity contribution in [2.45, 2.75) is 31.3 Å². The number of ether oxygens (including phenoxy) is 1. The number of nitrogens with one attached hydrogen (secondary N) is 3. The third-order valence-corrected chi connectivity index (χ3v) is 6.68. The number of aromatic nitrogens is 1. The van der Waals surface area contributed by atoms with Crippen LogP contribution in [0.15, 0.2) is 79.0 Å². The summed E-state index contributed by atoms with van der Waals surface area (Å²) < 4.78 is 5.52. The van der Waals surface area contributed by atoms with Gasteiger partial charge in [-0.1, -0.05) is 66.7 Å². The van der Waals surface area contributed by atoms with E-state index in [1.807, 2.05) is 66.9 Å². The second kappa shape index (κ2) is 10.1. The number of benzene rings is 3. The molecule has 0 saturated carbocycles. The van der Waals surface area contributed by atoms with Crippen molar-refractivity contribution in [2.75, 3.05) is 6.61 Å². The first-order valence-electron chi connectivity index (χ1n) is 12.0. The number of carbonyl (C=O) groups excluding carboxylic acids is 3. The third kappa shape index (κ3) is 4.60. The molecule has 1 heterocycles. The summed E-state index contributed by atoms with van der Waals surface area (Å²) in [6.07, 6.45) is 2.21. The van der Waals surface area contributed by atoms with Gasteiger partial charge in [0, 0.05) is 29.4 Å². The highest BCUT2D eigenvalue weighted by atomic mass is 16.5. The number of aldehydes is 1. The van der Waals surface area contributed by atoms with Crippen molar-refractivity contribution in [1.29, 1.82) is 0 Å². The van der Waals surface area contributed by atoms with Crippen LogP contribution in [0.4, 0.5) is 4.79 Å². The molecule has 0 unspecified atom stereocenters. The molecule has 1 aliphatic rings. The molecule has 3 aromatic carbocycles. The highest BCUT2D eigenvalue weighted by molar-refractivity contribution is 5.88. The predicted molar refractivity (Wildman–Crippen MR) is 138 cm³/mol. The molecule has 0 spiro atoms. The Morgan fingerprint density at radius 1 is 0.944 bits per heavy atom. The van der Waals surface area contributed by atoms with E-state index >= 15 is 0 Å². The molecule has 0 saturated heterocycles. The molecule has 3 N–H and O–H groups in total. The van der Waals surface area contributed by atoms with Gasteiger partial charge in [0.2, 0.25) is 5.91 Å². The molecule has 1 aromatic heterocycles. The van der Waals surface area contributed by atoms with E-state index < -0.39 is 24.1 Å². The number of H-pyrrole nitrogens is 1. The summed E-state index contributed by atoms with van der Waals surface area (Å²) in [6.45, 7) is 1.72. The molecule has 1 aliphatic carbocycles. The van der Waals surface area contributed by atoms with Crippen LogP contribution in [0, 0.1) is 0 Å². The van der Waals surface area contributed by atoms with Crippen molar-refractivity contribution >= 4 is 29.2 Å². The van der Waals surface area contributed by atoms with Crippen LogP contribution in [0.5, 0.6) is 0 Å². The molecule has 2 amide bonds. The minimum Gasteiger partial charge on any atom is -0.449 e. The molecule has 182 valence electrons. The SMILES string of the molecule is C[C@H](NC(=O)OCC1c2ccccc2-c2ccccc21)C(=O)N[C@H](C=O)Cc1c[nH]c2ccccc12. The largest absolute Gasteiger partial charge is 0.449 e. The van der Waals surface area contributed by atoms with Crippen LogP contribution in [0.2, 0.25) is 0 Å². The van der Waals surface area contributed by atoms with Crippen LogP contribution in [0.1, 0.15) is 29.5 Å².